The molecule has 1 atom stereocenters. The zero-order chi connectivity index (χ0) is 19.3. The number of rotatable bonds is 6. The first-order valence-corrected chi connectivity index (χ1v) is 10.0. The van der Waals surface area contributed by atoms with Crippen LogP contribution in [0.3, 0.4) is 0 Å². The molecule has 1 aliphatic heterocycles. The Balaban J connectivity index is 1.45. The fourth-order valence-electron chi connectivity index (χ4n) is 3.03. The van der Waals surface area contributed by atoms with Gasteiger partial charge in [-0.15, -0.1) is 16.9 Å². The number of hydrogen-bond acceptors (Lipinski definition) is 7. The standard InChI is InChI=1S/C20H19N3O4S/c24-19-15-7-1-3-9-17(15)21-22-23(19)13-27-20(25)16-8-2-4-10-18(16)28-12-14-6-5-11-26-14/h1-4,7-10,14H,5-6,11-13H2/t14-/m1/s1. The van der Waals surface area contributed by atoms with E-state index < -0.39 is 5.97 Å². The van der Waals surface area contributed by atoms with Crippen LogP contribution in [0.4, 0.5) is 0 Å². The predicted octanol–water partition coefficient (Wildman–Crippen LogP) is 2.88. The summed E-state index contributed by atoms with van der Waals surface area (Å²) in [7, 11) is 0. The normalized spacial score (nSPS) is 16.4. The number of fused-ring (bicyclic) bond motifs is 1. The molecule has 0 unspecified atom stereocenters. The van der Waals surface area contributed by atoms with E-state index in [1.165, 1.54) is 0 Å². The average molecular weight is 397 g/mol. The van der Waals surface area contributed by atoms with Gasteiger partial charge in [-0.1, -0.05) is 29.5 Å². The van der Waals surface area contributed by atoms with Gasteiger partial charge in [0.2, 0.25) is 0 Å². The smallest absolute Gasteiger partial charge is 0.341 e. The lowest BCUT2D eigenvalue weighted by Gasteiger charge is -2.12. The molecule has 0 aliphatic carbocycles. The van der Waals surface area contributed by atoms with Crippen LogP contribution in [0.2, 0.25) is 0 Å². The monoisotopic (exact) mass is 397 g/mol. The average Bonchev–Trinajstić information content (AvgIpc) is 3.26. The summed E-state index contributed by atoms with van der Waals surface area (Å²) in [5.74, 6) is 0.289. The van der Waals surface area contributed by atoms with E-state index in [1.807, 2.05) is 12.1 Å². The molecule has 1 aromatic heterocycles. The maximum atomic E-state index is 12.6. The third kappa shape index (κ3) is 4.07. The van der Waals surface area contributed by atoms with Crippen molar-refractivity contribution in [1.29, 1.82) is 0 Å². The van der Waals surface area contributed by atoms with E-state index in [-0.39, 0.29) is 18.4 Å². The van der Waals surface area contributed by atoms with Crippen molar-refractivity contribution < 1.29 is 14.3 Å². The Morgan fingerprint density at radius 3 is 2.89 bits per heavy atom. The second kappa shape index (κ2) is 8.53. The van der Waals surface area contributed by atoms with E-state index in [0.717, 1.165) is 34.8 Å². The largest absolute Gasteiger partial charge is 0.439 e. The lowest BCUT2D eigenvalue weighted by molar-refractivity contribution is 0.0332. The first-order valence-electron chi connectivity index (χ1n) is 9.05. The molecule has 0 radical (unpaired) electrons. The maximum Gasteiger partial charge on any atom is 0.341 e. The van der Waals surface area contributed by atoms with Gasteiger partial charge < -0.3 is 9.47 Å². The van der Waals surface area contributed by atoms with Gasteiger partial charge in [-0.05, 0) is 37.1 Å². The van der Waals surface area contributed by atoms with Gasteiger partial charge in [-0.25, -0.2) is 4.79 Å². The highest BCUT2D eigenvalue weighted by Gasteiger charge is 2.19. The van der Waals surface area contributed by atoms with E-state index in [2.05, 4.69) is 10.3 Å². The van der Waals surface area contributed by atoms with Crippen LogP contribution in [0.5, 0.6) is 0 Å². The summed E-state index contributed by atoms with van der Waals surface area (Å²) >= 11 is 1.58. The van der Waals surface area contributed by atoms with Gasteiger partial charge in [0.1, 0.15) is 5.52 Å². The number of ether oxygens (including phenoxy) is 2. The SMILES string of the molecule is O=C(OCn1nnc2ccccc2c1=O)c1ccccc1SC[C@H]1CCCO1. The molecule has 1 aliphatic rings. The van der Waals surface area contributed by atoms with E-state index >= 15 is 0 Å². The third-order valence-electron chi connectivity index (χ3n) is 4.50. The molecular weight excluding hydrogens is 378 g/mol. The first-order chi connectivity index (χ1) is 13.7. The van der Waals surface area contributed by atoms with Crippen molar-refractivity contribution in [2.24, 2.45) is 0 Å². The number of carbonyl (C=O) groups is 1. The van der Waals surface area contributed by atoms with Crippen LogP contribution in [-0.2, 0) is 16.2 Å². The van der Waals surface area contributed by atoms with Gasteiger partial charge in [0.15, 0.2) is 6.73 Å². The second-order valence-corrected chi connectivity index (χ2v) is 7.48. The quantitative estimate of drug-likeness (QED) is 0.467. The molecule has 0 N–H and O–H groups in total. The number of thioether (sulfide) groups is 1. The molecule has 0 spiro atoms. The van der Waals surface area contributed by atoms with Crippen molar-refractivity contribution in [3.05, 3.63) is 64.4 Å². The van der Waals surface area contributed by atoms with Crippen LogP contribution in [0, 0.1) is 0 Å². The van der Waals surface area contributed by atoms with Crippen LogP contribution >= 0.6 is 11.8 Å². The molecule has 0 bridgehead atoms. The molecule has 0 saturated carbocycles. The van der Waals surface area contributed by atoms with Crippen molar-refractivity contribution in [2.75, 3.05) is 12.4 Å². The summed E-state index contributed by atoms with van der Waals surface area (Å²) in [5.41, 5.74) is 0.623. The van der Waals surface area contributed by atoms with Gasteiger partial charge in [-0.2, -0.15) is 4.68 Å². The molecule has 8 heteroatoms. The van der Waals surface area contributed by atoms with Crippen molar-refractivity contribution >= 4 is 28.6 Å². The molecule has 0 amide bonds. The Kier molecular flexibility index (Phi) is 5.68. The number of hydrogen-bond donors (Lipinski definition) is 0. The molecule has 3 aromatic rings. The summed E-state index contributed by atoms with van der Waals surface area (Å²) in [5, 5.41) is 8.26. The van der Waals surface area contributed by atoms with Crippen molar-refractivity contribution in [3.8, 4) is 0 Å². The number of nitrogens with zero attached hydrogens (tertiary/aromatic N) is 3. The Labute approximate surface area is 165 Å². The minimum Gasteiger partial charge on any atom is -0.439 e. The van der Waals surface area contributed by atoms with Gasteiger partial charge >= 0.3 is 5.97 Å². The van der Waals surface area contributed by atoms with Gasteiger partial charge in [0, 0.05) is 17.3 Å². The molecule has 1 fully saturated rings. The van der Waals surface area contributed by atoms with Gasteiger partial charge in [0.05, 0.1) is 17.1 Å². The van der Waals surface area contributed by atoms with E-state index in [0.29, 0.717) is 16.5 Å². The van der Waals surface area contributed by atoms with Crippen molar-refractivity contribution in [2.45, 2.75) is 30.6 Å². The predicted molar refractivity (Wildman–Crippen MR) is 105 cm³/mol. The molecule has 1 saturated heterocycles. The number of benzene rings is 2. The fraction of sp³-hybridized carbons (Fsp3) is 0.300. The van der Waals surface area contributed by atoms with Crippen molar-refractivity contribution in [1.82, 2.24) is 15.0 Å². The molecule has 2 heterocycles. The number of aromatic nitrogens is 3. The minimum atomic E-state index is -0.503. The van der Waals surface area contributed by atoms with Crippen molar-refractivity contribution in [3.63, 3.8) is 0 Å². The highest BCUT2D eigenvalue weighted by atomic mass is 32.2. The summed E-state index contributed by atoms with van der Waals surface area (Å²) in [6, 6.07) is 14.2. The van der Waals surface area contributed by atoms with Crippen LogP contribution < -0.4 is 5.56 Å². The van der Waals surface area contributed by atoms with Gasteiger partial charge in [0.25, 0.3) is 5.56 Å². The fourth-order valence-corrected chi connectivity index (χ4v) is 4.14. The highest BCUT2D eigenvalue weighted by Crippen LogP contribution is 2.27. The Hall–Kier alpha value is -2.71. The van der Waals surface area contributed by atoms with E-state index in [1.54, 1.807) is 48.2 Å². The van der Waals surface area contributed by atoms with Crippen LogP contribution in [-0.4, -0.2) is 39.4 Å². The molecule has 7 nitrogen and oxygen atoms in total. The first kappa shape index (κ1) is 18.6. The number of carbonyl (C=O) groups excluding carboxylic acids is 1. The van der Waals surface area contributed by atoms with Gasteiger partial charge in [-0.3, -0.25) is 4.79 Å². The topological polar surface area (TPSA) is 83.3 Å². The third-order valence-corrected chi connectivity index (χ3v) is 5.71. The molecule has 28 heavy (non-hydrogen) atoms. The molecule has 2 aromatic carbocycles. The van der Waals surface area contributed by atoms with Crippen LogP contribution in [0.1, 0.15) is 23.2 Å². The maximum absolute atomic E-state index is 12.6. The van der Waals surface area contributed by atoms with Crippen LogP contribution in [0.25, 0.3) is 10.9 Å². The molecule has 4 rings (SSSR count). The second-order valence-electron chi connectivity index (χ2n) is 6.41. The Bertz CT molecular complexity index is 1050. The zero-order valence-corrected chi connectivity index (χ0v) is 15.9. The number of esters is 1. The minimum absolute atomic E-state index is 0.223. The lowest BCUT2D eigenvalue weighted by atomic mass is 10.2. The van der Waals surface area contributed by atoms with Crippen LogP contribution in [0.15, 0.2) is 58.2 Å². The molecule has 144 valence electrons. The van der Waals surface area contributed by atoms with E-state index in [4.69, 9.17) is 9.47 Å². The Morgan fingerprint density at radius 2 is 2.04 bits per heavy atom. The molecular formula is C20H19N3O4S. The lowest BCUT2D eigenvalue weighted by Crippen LogP contribution is -2.26. The summed E-state index contributed by atoms with van der Waals surface area (Å²) < 4.78 is 12.0. The Morgan fingerprint density at radius 1 is 1.21 bits per heavy atom. The zero-order valence-electron chi connectivity index (χ0n) is 15.1. The summed E-state index contributed by atoms with van der Waals surface area (Å²) in [6.45, 7) is 0.511. The highest BCUT2D eigenvalue weighted by molar-refractivity contribution is 7.99. The van der Waals surface area contributed by atoms with E-state index in [9.17, 15) is 9.59 Å². The summed E-state index contributed by atoms with van der Waals surface area (Å²) in [6.07, 6.45) is 2.35. The summed E-state index contributed by atoms with van der Waals surface area (Å²) in [4.78, 5) is 25.9.